The van der Waals surface area contributed by atoms with Crippen LogP contribution < -0.4 is 9.86 Å². The van der Waals surface area contributed by atoms with Crippen molar-refractivity contribution in [2.45, 2.75) is 6.92 Å². The van der Waals surface area contributed by atoms with Gasteiger partial charge in [0.1, 0.15) is 0 Å². The zero-order chi connectivity index (χ0) is 10.8. The zero-order valence-electron chi connectivity index (χ0n) is 7.52. The van der Waals surface area contributed by atoms with Crippen molar-refractivity contribution in [3.8, 4) is 0 Å². The van der Waals surface area contributed by atoms with Gasteiger partial charge in [-0.3, -0.25) is 4.79 Å². The number of benzene rings is 1. The lowest BCUT2D eigenvalue weighted by Crippen LogP contribution is -2.36. The van der Waals surface area contributed by atoms with Crippen LogP contribution in [0.4, 0.5) is 0 Å². The van der Waals surface area contributed by atoms with Crippen molar-refractivity contribution in [1.82, 2.24) is 4.72 Å². The van der Waals surface area contributed by atoms with Crippen molar-refractivity contribution < 1.29 is 13.2 Å². The van der Waals surface area contributed by atoms with E-state index in [2.05, 4.69) is 5.14 Å². The van der Waals surface area contributed by atoms with E-state index in [1.165, 1.54) is 6.07 Å². The number of aryl methyl sites for hydroxylation is 1. The largest absolute Gasteiger partial charge is 0.298 e. The molecule has 76 valence electrons. The molecule has 0 radical (unpaired) electrons. The molecule has 1 amide bonds. The van der Waals surface area contributed by atoms with Crippen LogP contribution in [0.3, 0.4) is 0 Å². The highest BCUT2D eigenvalue weighted by Gasteiger charge is 2.12. The van der Waals surface area contributed by atoms with Gasteiger partial charge in [0.15, 0.2) is 0 Å². The zero-order valence-corrected chi connectivity index (χ0v) is 8.34. The number of carbonyl (C=O) groups is 1. The molecule has 1 aromatic carbocycles. The Balaban J connectivity index is 2.97. The summed E-state index contributed by atoms with van der Waals surface area (Å²) in [5.74, 6) is -0.717. The number of nitrogens with two attached hydrogens (primary N) is 1. The van der Waals surface area contributed by atoms with Crippen LogP contribution in [-0.2, 0) is 10.2 Å². The van der Waals surface area contributed by atoms with Crippen molar-refractivity contribution in [2.75, 3.05) is 0 Å². The quantitative estimate of drug-likeness (QED) is 0.722. The standard InChI is InChI=1S/C8H10N2O3S/c1-6-4-2-3-5-7(6)8(11)10-14(9,12)13/h2-5H,1H3,(H,10,11)(H2,9,12,13). The van der Waals surface area contributed by atoms with Gasteiger partial charge in [-0.2, -0.15) is 8.42 Å². The van der Waals surface area contributed by atoms with Crippen molar-refractivity contribution in [2.24, 2.45) is 5.14 Å². The topological polar surface area (TPSA) is 89.3 Å². The number of nitrogens with one attached hydrogen (secondary N) is 1. The van der Waals surface area contributed by atoms with Gasteiger partial charge in [0.05, 0.1) is 0 Å². The fourth-order valence-corrected chi connectivity index (χ4v) is 1.38. The maximum Gasteiger partial charge on any atom is 0.298 e. The molecule has 14 heavy (non-hydrogen) atoms. The van der Waals surface area contributed by atoms with E-state index in [0.29, 0.717) is 11.1 Å². The molecule has 0 spiro atoms. The molecule has 0 saturated carbocycles. The van der Waals surface area contributed by atoms with E-state index in [1.807, 2.05) is 0 Å². The van der Waals surface area contributed by atoms with E-state index in [-0.39, 0.29) is 0 Å². The van der Waals surface area contributed by atoms with Crippen molar-refractivity contribution >= 4 is 16.1 Å². The summed E-state index contributed by atoms with van der Waals surface area (Å²) in [6, 6.07) is 6.63. The van der Waals surface area contributed by atoms with Gasteiger partial charge in [-0.1, -0.05) is 18.2 Å². The van der Waals surface area contributed by atoms with Crippen molar-refractivity contribution in [3.63, 3.8) is 0 Å². The Kier molecular flexibility index (Phi) is 2.87. The molecule has 6 heteroatoms. The van der Waals surface area contributed by atoms with E-state index in [0.717, 1.165) is 0 Å². The van der Waals surface area contributed by atoms with Crippen LogP contribution in [0.25, 0.3) is 0 Å². The van der Waals surface area contributed by atoms with E-state index in [1.54, 1.807) is 29.8 Å². The molecule has 1 aromatic rings. The fourth-order valence-electron chi connectivity index (χ4n) is 1.01. The van der Waals surface area contributed by atoms with E-state index >= 15 is 0 Å². The van der Waals surface area contributed by atoms with Crippen LogP contribution in [0.15, 0.2) is 24.3 Å². The molecule has 0 bridgehead atoms. The summed E-state index contributed by atoms with van der Waals surface area (Å²) in [6.45, 7) is 1.71. The fraction of sp³-hybridized carbons (Fsp3) is 0.125. The van der Waals surface area contributed by atoms with Gasteiger partial charge in [0.2, 0.25) is 0 Å². The summed E-state index contributed by atoms with van der Waals surface area (Å²) >= 11 is 0. The summed E-state index contributed by atoms with van der Waals surface area (Å²) in [4.78, 5) is 11.3. The van der Waals surface area contributed by atoms with Crippen LogP contribution >= 0.6 is 0 Å². The summed E-state index contributed by atoms with van der Waals surface area (Å²) in [7, 11) is -3.99. The molecule has 0 aliphatic rings. The van der Waals surface area contributed by atoms with E-state index < -0.39 is 16.1 Å². The average molecular weight is 214 g/mol. The maximum absolute atomic E-state index is 11.3. The summed E-state index contributed by atoms with van der Waals surface area (Å²) in [5, 5.41) is 4.66. The van der Waals surface area contributed by atoms with E-state index in [9.17, 15) is 13.2 Å². The third kappa shape index (κ3) is 2.82. The molecule has 0 aliphatic carbocycles. The smallest absolute Gasteiger partial charge is 0.268 e. The van der Waals surface area contributed by atoms with Crippen molar-refractivity contribution in [1.29, 1.82) is 0 Å². The molecule has 0 aromatic heterocycles. The molecule has 0 heterocycles. The van der Waals surface area contributed by atoms with Gasteiger partial charge in [0, 0.05) is 5.56 Å². The molecular formula is C8H10N2O3S. The lowest BCUT2D eigenvalue weighted by atomic mass is 10.1. The molecule has 5 nitrogen and oxygen atoms in total. The van der Waals surface area contributed by atoms with Crippen LogP contribution in [-0.4, -0.2) is 14.3 Å². The highest BCUT2D eigenvalue weighted by molar-refractivity contribution is 7.87. The number of rotatable bonds is 2. The molecule has 0 aliphatic heterocycles. The molecule has 0 atom stereocenters. The Morgan fingerprint density at radius 1 is 1.36 bits per heavy atom. The highest BCUT2D eigenvalue weighted by atomic mass is 32.2. The Hall–Kier alpha value is -1.40. The highest BCUT2D eigenvalue weighted by Crippen LogP contribution is 2.06. The SMILES string of the molecule is Cc1ccccc1C(=O)NS(N)(=O)=O. The van der Waals surface area contributed by atoms with Gasteiger partial charge >= 0.3 is 0 Å². The first-order valence-corrected chi connectivity index (χ1v) is 5.35. The minimum Gasteiger partial charge on any atom is -0.268 e. The Morgan fingerprint density at radius 3 is 2.43 bits per heavy atom. The molecule has 0 fully saturated rings. The lowest BCUT2D eigenvalue weighted by Gasteiger charge is -2.04. The molecule has 1 rings (SSSR count). The minimum atomic E-state index is -3.99. The molecular weight excluding hydrogens is 204 g/mol. The second-order valence-corrected chi connectivity index (χ2v) is 4.09. The van der Waals surface area contributed by atoms with Crippen LogP contribution in [0, 0.1) is 6.92 Å². The summed E-state index contributed by atoms with van der Waals surface area (Å²) < 4.78 is 22.8. The monoisotopic (exact) mass is 214 g/mol. The summed E-state index contributed by atoms with van der Waals surface area (Å²) in [6.07, 6.45) is 0. The van der Waals surface area contributed by atoms with Gasteiger partial charge in [-0.15, -0.1) is 0 Å². The minimum absolute atomic E-state index is 0.293. The molecule has 0 unspecified atom stereocenters. The van der Waals surface area contributed by atoms with Gasteiger partial charge in [0.25, 0.3) is 16.1 Å². The number of hydrogen-bond donors (Lipinski definition) is 2. The van der Waals surface area contributed by atoms with Crippen molar-refractivity contribution in [3.05, 3.63) is 35.4 Å². The Morgan fingerprint density at radius 2 is 1.93 bits per heavy atom. The van der Waals surface area contributed by atoms with Gasteiger partial charge in [-0.05, 0) is 18.6 Å². The Labute approximate surface area is 82.1 Å². The normalized spacial score (nSPS) is 11.0. The number of hydrogen-bond acceptors (Lipinski definition) is 3. The first-order chi connectivity index (χ1) is 6.40. The molecule has 0 saturated heterocycles. The maximum atomic E-state index is 11.3. The predicted octanol–water partition coefficient (Wildman–Crippen LogP) is -0.0717. The van der Waals surface area contributed by atoms with Gasteiger partial charge < -0.3 is 0 Å². The molecule has 3 N–H and O–H groups in total. The first kappa shape index (κ1) is 10.7. The van der Waals surface area contributed by atoms with Crippen LogP contribution in [0.2, 0.25) is 0 Å². The first-order valence-electron chi connectivity index (χ1n) is 3.80. The van der Waals surface area contributed by atoms with Crippen LogP contribution in [0.5, 0.6) is 0 Å². The predicted molar refractivity (Wildman–Crippen MR) is 51.8 cm³/mol. The number of carbonyl (C=O) groups excluding carboxylic acids is 1. The third-order valence-electron chi connectivity index (χ3n) is 1.62. The van der Waals surface area contributed by atoms with Gasteiger partial charge in [-0.25, -0.2) is 9.86 Å². The summed E-state index contributed by atoms with van der Waals surface area (Å²) in [5.41, 5.74) is 0.982. The second kappa shape index (κ2) is 3.77. The lowest BCUT2D eigenvalue weighted by molar-refractivity contribution is 0.0981. The number of amides is 1. The second-order valence-electron chi connectivity index (χ2n) is 2.79. The van der Waals surface area contributed by atoms with Crippen LogP contribution in [0.1, 0.15) is 15.9 Å². The third-order valence-corrected chi connectivity index (χ3v) is 2.09. The van der Waals surface area contributed by atoms with E-state index in [4.69, 9.17) is 0 Å². The average Bonchev–Trinajstić information content (AvgIpc) is 2.01. The Bertz CT molecular complexity index is 453.